The fourth-order valence-corrected chi connectivity index (χ4v) is 5.70. The van der Waals surface area contributed by atoms with Gasteiger partial charge in [0.1, 0.15) is 11.6 Å². The summed E-state index contributed by atoms with van der Waals surface area (Å²) in [4.78, 5) is 64.4. The maximum absolute atomic E-state index is 13.3. The van der Waals surface area contributed by atoms with E-state index < -0.39 is 17.7 Å². The summed E-state index contributed by atoms with van der Waals surface area (Å²) in [6, 6.07) is 37.6. The zero-order valence-corrected chi connectivity index (χ0v) is 29.5. The summed E-state index contributed by atoms with van der Waals surface area (Å²) in [5.41, 5.74) is 3.92. The summed E-state index contributed by atoms with van der Waals surface area (Å²) in [6.45, 7) is 4.57. The van der Waals surface area contributed by atoms with E-state index in [1.54, 1.807) is 66.7 Å². The Morgan fingerprint density at radius 3 is 1.28 bits per heavy atom. The number of ketones is 2. The standard InChI is InChI=1S/C22H16FNO4.C22H18FNO2/c1-14(25)24(18-10-8-17(23)9-11-18)20-13-16(7-12-19(20)22(27)28)21(26)15-5-3-2-4-6-15;1-15-8-9-18(22(26)17-6-4-3-5-7-17)14-21(15)24(16(2)25)20-12-10-19(23)11-13-20/h2-13H,1H3,(H,27,28);3-14H,1-2H3. The van der Waals surface area contributed by atoms with Gasteiger partial charge in [0.25, 0.3) is 0 Å². The van der Waals surface area contributed by atoms with Crippen LogP contribution in [-0.2, 0) is 9.59 Å². The van der Waals surface area contributed by atoms with Gasteiger partial charge in [-0.1, -0.05) is 78.9 Å². The van der Waals surface area contributed by atoms with E-state index in [1.807, 2.05) is 31.2 Å². The minimum absolute atomic E-state index is 0.0355. The van der Waals surface area contributed by atoms with Gasteiger partial charge in [-0.25, -0.2) is 13.6 Å². The first-order valence-electron chi connectivity index (χ1n) is 16.7. The summed E-state index contributed by atoms with van der Waals surface area (Å²) < 4.78 is 26.5. The van der Waals surface area contributed by atoms with Crippen LogP contribution >= 0.6 is 0 Å². The van der Waals surface area contributed by atoms with Gasteiger partial charge in [-0.2, -0.15) is 0 Å². The van der Waals surface area contributed by atoms with Crippen LogP contribution in [0, 0.1) is 18.6 Å². The second-order valence-corrected chi connectivity index (χ2v) is 12.1. The first-order chi connectivity index (χ1) is 25.8. The van der Waals surface area contributed by atoms with E-state index in [0.717, 1.165) is 10.5 Å². The quantitative estimate of drug-likeness (QED) is 0.149. The fraction of sp³-hybridized carbons (Fsp3) is 0.0682. The summed E-state index contributed by atoms with van der Waals surface area (Å²) in [7, 11) is 0. The molecule has 6 aromatic carbocycles. The molecule has 0 aliphatic rings. The monoisotopic (exact) mass is 724 g/mol. The number of carbonyl (C=O) groups is 5. The first kappa shape index (κ1) is 38.2. The number of hydrogen-bond acceptors (Lipinski definition) is 5. The van der Waals surface area contributed by atoms with Crippen molar-refractivity contribution in [2.45, 2.75) is 20.8 Å². The molecule has 10 heteroatoms. The highest BCUT2D eigenvalue weighted by Crippen LogP contribution is 2.32. The predicted octanol–water partition coefficient (Wildman–Crippen LogP) is 9.49. The van der Waals surface area contributed by atoms with Crippen LogP contribution in [0.1, 0.15) is 61.6 Å². The molecule has 1 N–H and O–H groups in total. The molecule has 0 unspecified atom stereocenters. The number of rotatable bonds is 9. The minimum Gasteiger partial charge on any atom is -0.478 e. The lowest BCUT2D eigenvalue weighted by atomic mass is 10.00. The molecule has 0 atom stereocenters. The van der Waals surface area contributed by atoms with Crippen molar-refractivity contribution in [3.8, 4) is 0 Å². The number of carboxylic acids is 1. The molecular weight excluding hydrogens is 690 g/mol. The van der Waals surface area contributed by atoms with Crippen molar-refractivity contribution in [1.82, 2.24) is 0 Å². The smallest absolute Gasteiger partial charge is 0.337 e. The molecule has 270 valence electrons. The lowest BCUT2D eigenvalue weighted by Crippen LogP contribution is -2.25. The molecular formula is C44H34F2N2O6. The number of carboxylic acid groups (broad SMARTS) is 1. The topological polar surface area (TPSA) is 112 Å². The van der Waals surface area contributed by atoms with Crippen LogP contribution in [0.5, 0.6) is 0 Å². The van der Waals surface area contributed by atoms with Gasteiger partial charge < -0.3 is 5.11 Å². The van der Waals surface area contributed by atoms with Gasteiger partial charge in [-0.3, -0.25) is 29.0 Å². The van der Waals surface area contributed by atoms with Gasteiger partial charge in [0.15, 0.2) is 11.6 Å². The van der Waals surface area contributed by atoms with Crippen molar-refractivity contribution in [1.29, 1.82) is 0 Å². The third-order valence-corrected chi connectivity index (χ3v) is 8.31. The molecule has 6 aromatic rings. The maximum atomic E-state index is 13.3. The van der Waals surface area contributed by atoms with Crippen LogP contribution < -0.4 is 9.80 Å². The highest BCUT2D eigenvalue weighted by atomic mass is 19.1. The predicted molar refractivity (Wildman–Crippen MR) is 203 cm³/mol. The Kier molecular flexibility index (Phi) is 12.0. The maximum Gasteiger partial charge on any atom is 0.337 e. The minimum atomic E-state index is -1.25. The lowest BCUT2D eigenvalue weighted by Gasteiger charge is -2.24. The van der Waals surface area contributed by atoms with Crippen molar-refractivity contribution in [3.63, 3.8) is 0 Å². The van der Waals surface area contributed by atoms with Gasteiger partial charge in [0, 0.05) is 47.5 Å². The molecule has 0 aliphatic heterocycles. The molecule has 0 saturated carbocycles. The zero-order valence-electron chi connectivity index (χ0n) is 29.5. The number of hydrogen-bond donors (Lipinski definition) is 1. The Hall–Kier alpha value is -7.07. The van der Waals surface area contributed by atoms with E-state index in [9.17, 15) is 37.9 Å². The zero-order chi connectivity index (χ0) is 38.9. The highest BCUT2D eigenvalue weighted by Gasteiger charge is 2.24. The van der Waals surface area contributed by atoms with Gasteiger partial charge in [-0.15, -0.1) is 0 Å². The summed E-state index contributed by atoms with van der Waals surface area (Å²) >= 11 is 0. The Morgan fingerprint density at radius 1 is 0.481 bits per heavy atom. The Bertz CT molecular complexity index is 2330. The van der Waals surface area contributed by atoms with Crippen molar-refractivity contribution in [2.24, 2.45) is 0 Å². The largest absolute Gasteiger partial charge is 0.478 e. The number of aryl methyl sites for hydroxylation is 1. The second-order valence-electron chi connectivity index (χ2n) is 12.1. The van der Waals surface area contributed by atoms with Crippen molar-refractivity contribution in [3.05, 3.63) is 191 Å². The van der Waals surface area contributed by atoms with Gasteiger partial charge in [-0.05, 0) is 79.2 Å². The number of amides is 2. The average Bonchev–Trinajstić information content (AvgIpc) is 3.17. The SMILES string of the molecule is CC(=O)N(c1ccc(F)cc1)c1cc(C(=O)c2ccccc2)ccc1C.CC(=O)N(c1ccc(F)cc1)c1cc(C(=O)c2ccccc2)ccc1C(=O)O. The Balaban J connectivity index is 0.000000208. The van der Waals surface area contributed by atoms with E-state index in [-0.39, 0.29) is 40.1 Å². The van der Waals surface area contributed by atoms with Gasteiger partial charge >= 0.3 is 5.97 Å². The molecule has 2 amide bonds. The van der Waals surface area contributed by atoms with Crippen LogP contribution in [0.3, 0.4) is 0 Å². The molecule has 0 aliphatic carbocycles. The third-order valence-electron chi connectivity index (χ3n) is 8.31. The van der Waals surface area contributed by atoms with E-state index >= 15 is 0 Å². The first-order valence-corrected chi connectivity index (χ1v) is 16.7. The molecule has 0 saturated heterocycles. The van der Waals surface area contributed by atoms with E-state index in [4.69, 9.17) is 0 Å². The number of aromatic carboxylic acids is 1. The van der Waals surface area contributed by atoms with Gasteiger partial charge in [0.05, 0.1) is 16.9 Å². The molecule has 8 nitrogen and oxygen atoms in total. The summed E-state index contributed by atoms with van der Waals surface area (Å²) in [6.07, 6.45) is 0. The third kappa shape index (κ3) is 8.86. The molecule has 54 heavy (non-hydrogen) atoms. The van der Waals surface area contributed by atoms with Crippen LogP contribution in [0.2, 0.25) is 0 Å². The molecule has 0 spiro atoms. The number of halogens is 2. The number of carbonyl (C=O) groups excluding carboxylic acids is 4. The van der Waals surface area contributed by atoms with E-state index in [0.29, 0.717) is 33.8 Å². The fourth-order valence-electron chi connectivity index (χ4n) is 5.70. The number of nitrogens with zero attached hydrogens (tertiary/aromatic N) is 2. The number of anilines is 4. The van der Waals surface area contributed by atoms with Crippen LogP contribution in [0.15, 0.2) is 146 Å². The normalized spacial score (nSPS) is 10.4. The van der Waals surface area contributed by atoms with Crippen molar-refractivity contribution < 1.29 is 37.9 Å². The highest BCUT2D eigenvalue weighted by molar-refractivity contribution is 6.13. The number of benzene rings is 6. The van der Waals surface area contributed by atoms with E-state index in [2.05, 4.69) is 0 Å². The lowest BCUT2D eigenvalue weighted by molar-refractivity contribution is -0.116. The van der Waals surface area contributed by atoms with Gasteiger partial charge in [0.2, 0.25) is 11.8 Å². The van der Waals surface area contributed by atoms with Crippen LogP contribution in [0.25, 0.3) is 0 Å². The summed E-state index contributed by atoms with van der Waals surface area (Å²) in [5.74, 6) is -3.22. The molecule has 0 bridgehead atoms. The van der Waals surface area contributed by atoms with Crippen LogP contribution in [0.4, 0.5) is 31.5 Å². The Morgan fingerprint density at radius 2 is 0.870 bits per heavy atom. The van der Waals surface area contributed by atoms with E-state index in [1.165, 1.54) is 73.3 Å². The molecule has 0 radical (unpaired) electrons. The van der Waals surface area contributed by atoms with Crippen molar-refractivity contribution in [2.75, 3.05) is 9.80 Å². The second kappa shape index (κ2) is 17.0. The molecule has 0 heterocycles. The summed E-state index contributed by atoms with van der Waals surface area (Å²) in [5, 5.41) is 9.55. The molecule has 0 aromatic heterocycles. The molecule has 6 rings (SSSR count). The average molecular weight is 725 g/mol. The van der Waals surface area contributed by atoms with Crippen molar-refractivity contribution >= 4 is 52.1 Å². The Labute approximate surface area is 310 Å². The molecule has 0 fully saturated rings. The van der Waals surface area contributed by atoms with Crippen LogP contribution in [-0.4, -0.2) is 34.5 Å².